The van der Waals surface area contributed by atoms with Gasteiger partial charge in [-0.25, -0.2) is 9.59 Å². The highest BCUT2D eigenvalue weighted by Gasteiger charge is 2.31. The Kier molecular flexibility index (Phi) is 9.04. The molecule has 1 aliphatic rings. The van der Waals surface area contributed by atoms with Crippen LogP contribution in [0.5, 0.6) is 0 Å². The molecule has 9 heteroatoms. The number of carboxylic acid groups (broad SMARTS) is 1. The number of aldehydes is 1. The molecule has 1 aliphatic carbocycles. The lowest BCUT2D eigenvalue weighted by Gasteiger charge is -2.20. The van der Waals surface area contributed by atoms with Gasteiger partial charge in [0.2, 0.25) is 0 Å². The first-order valence-electron chi connectivity index (χ1n) is 11.1. The van der Waals surface area contributed by atoms with E-state index in [1.165, 1.54) is 29.8 Å². The van der Waals surface area contributed by atoms with Crippen molar-refractivity contribution in [2.75, 3.05) is 6.61 Å². The molecule has 9 nitrogen and oxygen atoms in total. The number of hydrogen-bond donors (Lipinski definition) is 5. The van der Waals surface area contributed by atoms with Crippen LogP contribution in [-0.4, -0.2) is 68.7 Å². The number of rotatable bonds is 8. The third-order valence-electron chi connectivity index (χ3n) is 5.76. The number of carbonyl (C=O) groups is 3. The predicted molar refractivity (Wildman–Crippen MR) is 128 cm³/mol. The number of aliphatic hydroxyl groups excluding tert-OH is 4. The maximum Gasteiger partial charge on any atom is 0.338 e. The monoisotopic (exact) mass is 494 g/mol. The highest BCUT2D eigenvalue weighted by atomic mass is 16.5. The third kappa shape index (κ3) is 6.21. The number of ether oxygens (including phenoxy) is 1. The molecular weight excluding hydrogens is 468 g/mol. The summed E-state index contributed by atoms with van der Waals surface area (Å²) in [6.45, 7) is -0.815. The summed E-state index contributed by atoms with van der Waals surface area (Å²) in [5, 5.41) is 45.8. The minimum Gasteiger partial charge on any atom is -0.478 e. The van der Waals surface area contributed by atoms with Crippen LogP contribution in [0.25, 0.3) is 11.1 Å². The van der Waals surface area contributed by atoms with Crippen molar-refractivity contribution < 1.29 is 44.7 Å². The van der Waals surface area contributed by atoms with Gasteiger partial charge in [0.05, 0.1) is 12.2 Å². The predicted octanol–water partition coefficient (Wildman–Crippen LogP) is 1.57. The fourth-order valence-electron chi connectivity index (χ4n) is 3.76. The number of carboxylic acids is 1. The quantitative estimate of drug-likeness (QED) is 0.181. The van der Waals surface area contributed by atoms with E-state index in [9.17, 15) is 29.7 Å². The van der Waals surface area contributed by atoms with Gasteiger partial charge < -0.3 is 30.3 Å². The van der Waals surface area contributed by atoms with E-state index in [1.807, 2.05) is 36.4 Å². The molecular formula is C27H26O9. The van der Waals surface area contributed by atoms with Crippen molar-refractivity contribution in [3.8, 4) is 11.1 Å². The van der Waals surface area contributed by atoms with Crippen molar-refractivity contribution in [3.05, 3.63) is 94.5 Å². The fourth-order valence-corrected chi connectivity index (χ4v) is 3.76. The molecule has 0 bridgehead atoms. The zero-order chi connectivity index (χ0) is 26.2. The second-order valence-corrected chi connectivity index (χ2v) is 8.12. The first-order valence-corrected chi connectivity index (χ1v) is 11.1. The van der Waals surface area contributed by atoms with Gasteiger partial charge in [-0.15, -0.1) is 0 Å². The van der Waals surface area contributed by atoms with E-state index in [2.05, 4.69) is 6.07 Å². The average molecular weight is 494 g/mol. The van der Waals surface area contributed by atoms with Crippen LogP contribution in [0.3, 0.4) is 0 Å². The van der Waals surface area contributed by atoms with Gasteiger partial charge in [0.1, 0.15) is 25.1 Å². The zero-order valence-electron chi connectivity index (χ0n) is 19.2. The SMILES string of the molecule is O=C(OCc1cccc2c1Cc1ccccc1-2)C(O)C(O)C(O)CO.O=Cc1ccc(C(=O)O)cc1. The molecule has 0 heterocycles. The molecule has 5 N–H and O–H groups in total. The lowest BCUT2D eigenvalue weighted by Crippen LogP contribution is -2.44. The number of benzene rings is 3. The van der Waals surface area contributed by atoms with Crippen molar-refractivity contribution >= 4 is 18.2 Å². The topological polar surface area (TPSA) is 162 Å². The van der Waals surface area contributed by atoms with Crippen LogP contribution < -0.4 is 0 Å². The van der Waals surface area contributed by atoms with E-state index in [4.69, 9.17) is 14.9 Å². The number of aromatic carboxylic acids is 1. The average Bonchev–Trinajstić information content (AvgIpc) is 3.30. The number of carbonyl (C=O) groups excluding carboxylic acids is 2. The van der Waals surface area contributed by atoms with Crippen molar-refractivity contribution in [2.45, 2.75) is 31.3 Å². The highest BCUT2D eigenvalue weighted by Crippen LogP contribution is 2.38. The van der Waals surface area contributed by atoms with Gasteiger partial charge in [-0.1, -0.05) is 54.6 Å². The van der Waals surface area contributed by atoms with Crippen molar-refractivity contribution in [2.24, 2.45) is 0 Å². The first-order chi connectivity index (χ1) is 17.3. The summed E-state index contributed by atoms with van der Waals surface area (Å²) in [5.74, 6) is -2.03. The number of esters is 1. The van der Waals surface area contributed by atoms with E-state index >= 15 is 0 Å². The van der Waals surface area contributed by atoms with E-state index < -0.39 is 36.9 Å². The lowest BCUT2D eigenvalue weighted by molar-refractivity contribution is -0.167. The summed E-state index contributed by atoms with van der Waals surface area (Å²) in [7, 11) is 0. The molecule has 3 aromatic carbocycles. The molecule has 0 radical (unpaired) electrons. The smallest absolute Gasteiger partial charge is 0.338 e. The van der Waals surface area contributed by atoms with Crippen LogP contribution in [0.15, 0.2) is 66.7 Å². The van der Waals surface area contributed by atoms with E-state index in [-0.39, 0.29) is 12.2 Å². The summed E-state index contributed by atoms with van der Waals surface area (Å²) >= 11 is 0. The summed E-state index contributed by atoms with van der Waals surface area (Å²) in [6.07, 6.45) is -3.92. The second kappa shape index (κ2) is 12.2. The number of hydrogen-bond acceptors (Lipinski definition) is 8. The Morgan fingerprint density at radius 3 is 2.22 bits per heavy atom. The molecule has 0 spiro atoms. The Morgan fingerprint density at radius 1 is 0.917 bits per heavy atom. The van der Waals surface area contributed by atoms with Gasteiger partial charge in [0.15, 0.2) is 6.10 Å². The first kappa shape index (κ1) is 26.7. The molecule has 3 unspecified atom stereocenters. The van der Waals surface area contributed by atoms with Crippen LogP contribution in [0.2, 0.25) is 0 Å². The normalized spacial score (nSPS) is 13.8. The summed E-state index contributed by atoms with van der Waals surface area (Å²) in [5.41, 5.74) is 6.03. The van der Waals surface area contributed by atoms with Gasteiger partial charge in [0, 0.05) is 5.56 Å². The molecule has 0 fully saturated rings. The molecule has 3 aromatic rings. The van der Waals surface area contributed by atoms with E-state index in [0.29, 0.717) is 11.8 Å². The van der Waals surface area contributed by atoms with Crippen molar-refractivity contribution in [1.29, 1.82) is 0 Å². The largest absolute Gasteiger partial charge is 0.478 e. The number of aliphatic hydroxyl groups is 4. The molecule has 0 saturated heterocycles. The summed E-state index contributed by atoms with van der Waals surface area (Å²) in [6, 6.07) is 19.5. The summed E-state index contributed by atoms with van der Waals surface area (Å²) < 4.78 is 5.09. The molecule has 0 aromatic heterocycles. The minimum atomic E-state index is -1.92. The Hall–Kier alpha value is -3.89. The highest BCUT2D eigenvalue weighted by molar-refractivity contribution is 5.88. The standard InChI is InChI=1S/C19H20O6.C8H6O3/c20-9-16(21)17(22)18(23)19(24)25-10-12-5-3-7-14-13-6-2-1-4-11(13)8-15(12)14;9-5-6-1-3-7(4-2-6)8(10)11/h1-7,16-18,20-23H,8-10H2;1-5H,(H,10,11). The Balaban J connectivity index is 0.000000275. The van der Waals surface area contributed by atoms with Gasteiger partial charge in [-0.2, -0.15) is 0 Å². The van der Waals surface area contributed by atoms with Crippen LogP contribution >= 0.6 is 0 Å². The Bertz CT molecular complexity index is 1220. The number of fused-ring (bicyclic) bond motifs is 3. The van der Waals surface area contributed by atoms with Crippen LogP contribution in [0, 0.1) is 0 Å². The maximum absolute atomic E-state index is 11.9. The molecule has 188 valence electrons. The van der Waals surface area contributed by atoms with E-state index in [1.54, 1.807) is 0 Å². The van der Waals surface area contributed by atoms with Crippen molar-refractivity contribution in [3.63, 3.8) is 0 Å². The van der Waals surface area contributed by atoms with Crippen LogP contribution in [-0.2, 0) is 22.6 Å². The van der Waals surface area contributed by atoms with Crippen molar-refractivity contribution in [1.82, 2.24) is 0 Å². The van der Waals surface area contributed by atoms with Crippen LogP contribution in [0.1, 0.15) is 37.4 Å². The molecule has 36 heavy (non-hydrogen) atoms. The minimum absolute atomic E-state index is 0.0466. The summed E-state index contributed by atoms with van der Waals surface area (Å²) in [4.78, 5) is 32.3. The second-order valence-electron chi connectivity index (χ2n) is 8.12. The zero-order valence-corrected chi connectivity index (χ0v) is 19.2. The Morgan fingerprint density at radius 2 is 1.58 bits per heavy atom. The van der Waals surface area contributed by atoms with Gasteiger partial charge in [-0.05, 0) is 46.4 Å². The van der Waals surface area contributed by atoms with Gasteiger partial charge in [-0.3, -0.25) is 4.79 Å². The van der Waals surface area contributed by atoms with Crippen LogP contribution in [0.4, 0.5) is 0 Å². The van der Waals surface area contributed by atoms with Gasteiger partial charge in [0.25, 0.3) is 0 Å². The fraction of sp³-hybridized carbons (Fsp3) is 0.222. The maximum atomic E-state index is 11.9. The molecule has 4 rings (SSSR count). The lowest BCUT2D eigenvalue weighted by atomic mass is 10.0. The molecule has 0 saturated carbocycles. The molecule has 0 amide bonds. The van der Waals surface area contributed by atoms with E-state index in [0.717, 1.165) is 28.7 Å². The van der Waals surface area contributed by atoms with Gasteiger partial charge >= 0.3 is 11.9 Å². The molecule has 3 atom stereocenters. The third-order valence-corrected chi connectivity index (χ3v) is 5.76. The molecule has 0 aliphatic heterocycles. The Labute approximate surface area is 206 Å².